The zero-order valence-electron chi connectivity index (χ0n) is 24.2. The second-order valence-electron chi connectivity index (χ2n) is 12.2. The van der Waals surface area contributed by atoms with Gasteiger partial charge in [0.05, 0.1) is 0 Å². The standard InChI is InChI=1S/C34H39BrIN5O/c1-24-38-31-9-5-6-10-32(31)41(24)36-22-27-12-13-28(23-36)40(27)20-17-34(25-7-3-2-4-8-25)15-18-39(19-16-34)33(42)29-21-26(35)11-14-30(29)37/h2-11,14,21,27-28H,12-13,15-20,22-23,37H2,1H3/t27-,28+. The number of benzene rings is 3. The average molecular weight is 741 g/mol. The van der Waals surface area contributed by atoms with Crippen molar-refractivity contribution in [2.45, 2.75) is 56.5 Å². The van der Waals surface area contributed by atoms with Gasteiger partial charge in [0.1, 0.15) is 0 Å². The molecule has 0 spiro atoms. The molecule has 6 nitrogen and oxygen atoms in total. The van der Waals surface area contributed by atoms with Gasteiger partial charge in [0.25, 0.3) is 0 Å². The first-order chi connectivity index (χ1) is 20.4. The van der Waals surface area contributed by atoms with Gasteiger partial charge < -0.3 is 5.73 Å². The second-order valence-corrected chi connectivity index (χ2v) is 18.3. The van der Waals surface area contributed by atoms with E-state index < -0.39 is 20.1 Å². The number of carbonyl (C=O) groups excluding carboxylic acids is 1. The van der Waals surface area contributed by atoms with Crippen LogP contribution in [0.4, 0.5) is 5.69 Å². The van der Waals surface area contributed by atoms with Crippen LogP contribution in [0.25, 0.3) is 11.0 Å². The van der Waals surface area contributed by atoms with Crippen LogP contribution >= 0.6 is 36.0 Å². The van der Waals surface area contributed by atoms with Crippen LogP contribution in [0.5, 0.6) is 0 Å². The number of likely N-dealkylation sites (tertiary alicyclic amines) is 1. The Balaban J connectivity index is 1.07. The second kappa shape index (κ2) is 11.6. The van der Waals surface area contributed by atoms with E-state index in [-0.39, 0.29) is 11.3 Å². The van der Waals surface area contributed by atoms with E-state index in [1.807, 2.05) is 23.1 Å². The number of aromatic nitrogens is 2. The number of amides is 1. The third-order valence-electron chi connectivity index (χ3n) is 9.87. The molecule has 2 atom stereocenters. The zero-order valence-corrected chi connectivity index (χ0v) is 27.9. The predicted octanol–water partition coefficient (Wildman–Crippen LogP) is 7.07. The van der Waals surface area contributed by atoms with Gasteiger partial charge in [0.2, 0.25) is 0 Å². The van der Waals surface area contributed by atoms with Crippen molar-refractivity contribution in [3.8, 4) is 0 Å². The van der Waals surface area contributed by atoms with Gasteiger partial charge >= 0.3 is 228 Å². The molecule has 7 rings (SSSR count). The summed E-state index contributed by atoms with van der Waals surface area (Å²) in [7, 11) is 0. The van der Waals surface area contributed by atoms with Gasteiger partial charge in [-0.25, -0.2) is 0 Å². The summed E-state index contributed by atoms with van der Waals surface area (Å²) < 4.78 is 6.28. The molecule has 0 saturated carbocycles. The Hall–Kier alpha value is -2.43. The molecule has 42 heavy (non-hydrogen) atoms. The molecule has 220 valence electrons. The van der Waals surface area contributed by atoms with E-state index in [0.29, 0.717) is 23.3 Å². The molecule has 1 aromatic heterocycles. The van der Waals surface area contributed by atoms with Crippen molar-refractivity contribution in [2.75, 3.05) is 34.2 Å². The van der Waals surface area contributed by atoms with Crippen molar-refractivity contribution < 1.29 is 4.79 Å². The van der Waals surface area contributed by atoms with Crippen LogP contribution in [0, 0.1) is 6.92 Å². The molecule has 2 N–H and O–H groups in total. The predicted molar refractivity (Wildman–Crippen MR) is 184 cm³/mol. The van der Waals surface area contributed by atoms with E-state index in [2.05, 4.69) is 85.1 Å². The molecule has 3 aliphatic rings. The summed E-state index contributed by atoms with van der Waals surface area (Å²) in [5.74, 6) is 1.26. The molecule has 3 aromatic carbocycles. The number of fused-ring (bicyclic) bond motifs is 3. The number of anilines is 1. The molecular weight excluding hydrogens is 701 g/mol. The minimum absolute atomic E-state index is 0.0449. The normalized spacial score (nSPS) is 23.0. The van der Waals surface area contributed by atoms with E-state index in [0.717, 1.165) is 48.9 Å². The van der Waals surface area contributed by atoms with Gasteiger partial charge in [-0.05, 0) is 12.1 Å². The Bertz CT molecular complexity index is 1580. The number of nitrogen functional groups attached to an aromatic ring is 1. The summed E-state index contributed by atoms with van der Waals surface area (Å²) in [6.07, 6.45) is 5.78. The van der Waals surface area contributed by atoms with Crippen LogP contribution in [-0.4, -0.2) is 64.0 Å². The molecule has 4 aromatic rings. The number of piperidine rings is 1. The van der Waals surface area contributed by atoms with Crippen molar-refractivity contribution in [1.82, 2.24) is 17.6 Å². The molecule has 0 radical (unpaired) electrons. The topological polar surface area (TPSA) is 67.4 Å². The number of para-hydroxylation sites is 2. The van der Waals surface area contributed by atoms with Crippen LogP contribution in [0.2, 0.25) is 0 Å². The number of aryl methyl sites for hydroxylation is 1. The number of carbonyl (C=O) groups is 1. The van der Waals surface area contributed by atoms with Gasteiger partial charge in [-0.3, -0.25) is 0 Å². The Morgan fingerprint density at radius 2 is 1.69 bits per heavy atom. The van der Waals surface area contributed by atoms with E-state index in [1.165, 1.54) is 38.6 Å². The van der Waals surface area contributed by atoms with Gasteiger partial charge in [-0.1, -0.05) is 15.9 Å². The number of imidazole rings is 1. The number of halogens is 2. The number of rotatable bonds is 6. The molecule has 3 aliphatic heterocycles. The van der Waals surface area contributed by atoms with Crippen molar-refractivity contribution in [3.63, 3.8) is 0 Å². The van der Waals surface area contributed by atoms with Crippen LogP contribution in [0.15, 0.2) is 77.3 Å². The van der Waals surface area contributed by atoms with Crippen LogP contribution in [0.1, 0.15) is 53.8 Å². The summed E-state index contributed by atoms with van der Waals surface area (Å²) >= 11 is 2.14. The van der Waals surface area contributed by atoms with Gasteiger partial charge in [0.15, 0.2) is 0 Å². The van der Waals surface area contributed by atoms with E-state index in [9.17, 15) is 4.79 Å². The molecule has 1 amide bonds. The fourth-order valence-electron chi connectivity index (χ4n) is 7.58. The minimum atomic E-state index is -1.37. The fourth-order valence-corrected chi connectivity index (χ4v) is 15.6. The Labute approximate surface area is 264 Å². The monoisotopic (exact) mass is 739 g/mol. The van der Waals surface area contributed by atoms with Gasteiger partial charge in [0, 0.05) is 4.47 Å². The molecule has 2 bridgehead atoms. The molecule has 8 heteroatoms. The maximum absolute atomic E-state index is 13.5. The summed E-state index contributed by atoms with van der Waals surface area (Å²) in [4.78, 5) is 23.3. The van der Waals surface area contributed by atoms with Crippen LogP contribution < -0.4 is 5.73 Å². The SMILES string of the molecule is Cc1nc2ccccc2n1I1C[C@H]2CC[C@@H](C1)N2CCC1(c2ccccc2)CCN(C(=O)c2cc(Br)ccc2N)CC1. The zero-order chi connectivity index (χ0) is 28.8. The molecule has 3 fully saturated rings. The summed E-state index contributed by atoms with van der Waals surface area (Å²) in [5, 5.41) is 0. The number of nitrogens with two attached hydrogens (primary N) is 1. The van der Waals surface area contributed by atoms with E-state index >= 15 is 0 Å². The first-order valence-electron chi connectivity index (χ1n) is 15.1. The molecule has 0 unspecified atom stereocenters. The molecular formula is C34H39BrIN5O. The Morgan fingerprint density at radius 3 is 2.43 bits per heavy atom. The number of hydrogen-bond acceptors (Lipinski definition) is 4. The van der Waals surface area contributed by atoms with Crippen molar-refractivity contribution in [2.24, 2.45) is 0 Å². The number of alkyl halides is 2. The van der Waals surface area contributed by atoms with Gasteiger partial charge in [-0.15, -0.1) is 0 Å². The Morgan fingerprint density at radius 1 is 1.00 bits per heavy atom. The summed E-state index contributed by atoms with van der Waals surface area (Å²) in [5.41, 5.74) is 11.4. The van der Waals surface area contributed by atoms with Crippen molar-refractivity contribution in [1.29, 1.82) is 0 Å². The third kappa shape index (κ3) is 5.17. The first-order valence-corrected chi connectivity index (χ1v) is 19.9. The number of hydrogen-bond donors (Lipinski definition) is 1. The van der Waals surface area contributed by atoms with E-state index in [1.54, 1.807) is 0 Å². The summed E-state index contributed by atoms with van der Waals surface area (Å²) in [6, 6.07) is 26.7. The van der Waals surface area contributed by atoms with Crippen LogP contribution in [-0.2, 0) is 5.41 Å². The molecule has 4 heterocycles. The summed E-state index contributed by atoms with van der Waals surface area (Å²) in [6.45, 7) is 4.87. The quantitative estimate of drug-likeness (QED) is 0.131. The van der Waals surface area contributed by atoms with Crippen molar-refractivity contribution in [3.05, 3.63) is 94.2 Å². The third-order valence-corrected chi connectivity index (χ3v) is 17.0. The van der Waals surface area contributed by atoms with Crippen molar-refractivity contribution >= 4 is 58.7 Å². The van der Waals surface area contributed by atoms with Crippen LogP contribution in [0.3, 0.4) is 0 Å². The molecule has 3 saturated heterocycles. The van der Waals surface area contributed by atoms with Gasteiger partial charge in [-0.2, -0.15) is 0 Å². The average Bonchev–Trinajstić information content (AvgIpc) is 3.48. The fraction of sp³-hybridized carbons (Fsp3) is 0.412. The first kappa shape index (κ1) is 28.3. The maximum atomic E-state index is 13.5. The molecule has 0 aliphatic carbocycles. The number of nitrogens with zero attached hydrogens (tertiary/aromatic N) is 4. The Kier molecular flexibility index (Phi) is 7.81. The van der Waals surface area contributed by atoms with E-state index in [4.69, 9.17) is 10.7 Å².